The summed E-state index contributed by atoms with van der Waals surface area (Å²) in [5, 5.41) is -0.168. The second kappa shape index (κ2) is 16.0. The molecule has 38 heavy (non-hydrogen) atoms. The second-order valence-electron chi connectivity index (χ2n) is 8.84. The highest BCUT2D eigenvalue weighted by Gasteiger charge is 2.27. The Bertz CT molecular complexity index is 1140. The van der Waals surface area contributed by atoms with E-state index in [0.717, 1.165) is 6.33 Å². The maximum Gasteiger partial charge on any atom is 0.264 e. The fourth-order valence-electron chi connectivity index (χ4n) is 3.44. The Morgan fingerprint density at radius 3 is 1.92 bits per heavy atom. The molecule has 10 heteroatoms. The van der Waals surface area contributed by atoms with E-state index in [4.69, 9.17) is 27.9 Å². The molecule has 0 N–H and O–H groups in total. The van der Waals surface area contributed by atoms with Gasteiger partial charge in [-0.15, -0.1) is 0 Å². The summed E-state index contributed by atoms with van der Waals surface area (Å²) in [6.45, 7) is 11.7. The maximum atomic E-state index is 14.2. The van der Waals surface area contributed by atoms with Crippen LogP contribution in [0.15, 0.2) is 48.8 Å². The third-order valence-corrected chi connectivity index (χ3v) is 5.21. The SMILES string of the molecule is CC.CSC.C[C@H](CN(C(=O)c1c(Cl)ncnc1Cl)c1ccc(-c2c(F)cccc2F)cc1)OC(C)(C)C. The van der Waals surface area contributed by atoms with Crippen molar-refractivity contribution in [1.29, 1.82) is 0 Å². The molecule has 0 spiro atoms. The summed E-state index contributed by atoms with van der Waals surface area (Å²) in [5.74, 6) is -1.88. The van der Waals surface area contributed by atoms with E-state index in [1.54, 1.807) is 23.9 Å². The van der Waals surface area contributed by atoms with E-state index in [-0.39, 0.29) is 34.1 Å². The van der Waals surface area contributed by atoms with Gasteiger partial charge in [0.2, 0.25) is 0 Å². The summed E-state index contributed by atoms with van der Waals surface area (Å²) in [5.41, 5.74) is 0.161. The maximum absolute atomic E-state index is 14.2. The molecule has 1 amide bonds. The van der Waals surface area contributed by atoms with Crippen molar-refractivity contribution >= 4 is 46.6 Å². The first-order valence-corrected chi connectivity index (χ1v) is 14.4. The molecule has 1 heterocycles. The smallest absolute Gasteiger partial charge is 0.264 e. The molecule has 2 aromatic carbocycles. The van der Waals surface area contributed by atoms with Crippen molar-refractivity contribution in [3.8, 4) is 11.1 Å². The number of rotatable bonds is 6. The van der Waals surface area contributed by atoms with Crippen molar-refractivity contribution in [1.82, 2.24) is 9.97 Å². The molecule has 208 valence electrons. The quantitative estimate of drug-likeness (QED) is 0.271. The van der Waals surface area contributed by atoms with Gasteiger partial charge in [0.05, 0.1) is 23.8 Å². The molecule has 0 aliphatic rings. The third-order valence-electron chi connectivity index (χ3n) is 4.64. The average Bonchev–Trinajstić information content (AvgIpc) is 2.83. The van der Waals surface area contributed by atoms with E-state index in [2.05, 4.69) is 9.97 Å². The third kappa shape index (κ3) is 9.80. The van der Waals surface area contributed by atoms with Gasteiger partial charge in [0.15, 0.2) is 0 Å². The van der Waals surface area contributed by atoms with Crippen LogP contribution in [0, 0.1) is 11.6 Å². The molecular formula is C28H35Cl2F2N3O2S. The predicted octanol–water partition coefficient (Wildman–Crippen LogP) is 8.58. The highest BCUT2D eigenvalue weighted by atomic mass is 35.5. The Morgan fingerprint density at radius 2 is 1.47 bits per heavy atom. The van der Waals surface area contributed by atoms with Gasteiger partial charge in [-0.3, -0.25) is 4.79 Å². The van der Waals surface area contributed by atoms with Crippen LogP contribution in [0.3, 0.4) is 0 Å². The van der Waals surface area contributed by atoms with Crippen molar-refractivity contribution in [2.24, 2.45) is 0 Å². The van der Waals surface area contributed by atoms with Crippen LogP contribution in [0.4, 0.5) is 14.5 Å². The first-order valence-electron chi connectivity index (χ1n) is 12.0. The zero-order chi connectivity index (χ0) is 29.0. The molecule has 0 saturated carbocycles. The Labute approximate surface area is 238 Å². The number of carbonyl (C=O) groups excluding carboxylic acids is 1. The fourth-order valence-corrected chi connectivity index (χ4v) is 3.92. The number of benzene rings is 2. The molecule has 0 aliphatic carbocycles. The lowest BCUT2D eigenvalue weighted by atomic mass is 10.0. The number of halogens is 4. The van der Waals surface area contributed by atoms with Gasteiger partial charge in [0.1, 0.15) is 33.8 Å². The van der Waals surface area contributed by atoms with E-state index in [1.807, 2.05) is 54.1 Å². The van der Waals surface area contributed by atoms with Crippen LogP contribution in [-0.4, -0.2) is 46.6 Å². The number of nitrogens with zero attached hydrogens (tertiary/aromatic N) is 3. The topological polar surface area (TPSA) is 55.3 Å². The molecule has 1 atom stereocenters. The minimum absolute atomic E-state index is 0.0481. The molecule has 3 rings (SSSR count). The van der Waals surface area contributed by atoms with Crippen LogP contribution >= 0.6 is 35.0 Å². The number of hydrogen-bond acceptors (Lipinski definition) is 5. The molecule has 3 aromatic rings. The highest BCUT2D eigenvalue weighted by molar-refractivity contribution is 7.97. The number of ether oxygens (including phenoxy) is 1. The Morgan fingerprint density at radius 1 is 1.00 bits per heavy atom. The van der Waals surface area contributed by atoms with Crippen LogP contribution in [0.1, 0.15) is 51.9 Å². The van der Waals surface area contributed by atoms with Gasteiger partial charge < -0.3 is 9.64 Å². The minimum Gasteiger partial charge on any atom is -0.371 e. The Balaban J connectivity index is 0.00000135. The normalized spacial score (nSPS) is 11.5. The van der Waals surface area contributed by atoms with Crippen molar-refractivity contribution in [2.75, 3.05) is 24.0 Å². The largest absolute Gasteiger partial charge is 0.371 e. The van der Waals surface area contributed by atoms with E-state index < -0.39 is 23.1 Å². The number of thioether (sulfide) groups is 1. The van der Waals surface area contributed by atoms with Crippen LogP contribution in [0.2, 0.25) is 10.3 Å². The van der Waals surface area contributed by atoms with Crippen molar-refractivity contribution in [2.45, 2.75) is 53.2 Å². The van der Waals surface area contributed by atoms with Gasteiger partial charge in [-0.05, 0) is 70.0 Å². The molecule has 0 fully saturated rings. The zero-order valence-corrected chi connectivity index (χ0v) is 25.3. The monoisotopic (exact) mass is 585 g/mol. The van der Waals surface area contributed by atoms with Crippen molar-refractivity contribution in [3.63, 3.8) is 0 Å². The first kappa shape index (κ1) is 33.8. The first-order chi connectivity index (χ1) is 17.9. The number of anilines is 1. The Kier molecular flexibility index (Phi) is 14.2. The van der Waals surface area contributed by atoms with Crippen LogP contribution < -0.4 is 4.90 Å². The molecule has 5 nitrogen and oxygen atoms in total. The van der Waals surface area contributed by atoms with Gasteiger partial charge in [0, 0.05) is 5.69 Å². The summed E-state index contributed by atoms with van der Waals surface area (Å²) < 4.78 is 34.4. The van der Waals surface area contributed by atoms with E-state index >= 15 is 0 Å². The number of amides is 1. The van der Waals surface area contributed by atoms with Gasteiger partial charge in [-0.2, -0.15) is 11.8 Å². The summed E-state index contributed by atoms with van der Waals surface area (Å²) in [6.07, 6.45) is 4.88. The molecule has 0 saturated heterocycles. The number of carbonyl (C=O) groups is 1. The van der Waals surface area contributed by atoms with Crippen LogP contribution in [0.5, 0.6) is 0 Å². The molecule has 0 radical (unpaired) electrons. The lowest BCUT2D eigenvalue weighted by molar-refractivity contribution is -0.0469. The van der Waals surface area contributed by atoms with Gasteiger partial charge in [-0.1, -0.05) is 55.2 Å². The zero-order valence-electron chi connectivity index (χ0n) is 23.0. The summed E-state index contributed by atoms with van der Waals surface area (Å²) >= 11 is 14.0. The molecular weight excluding hydrogens is 551 g/mol. The lowest BCUT2D eigenvalue weighted by Gasteiger charge is -2.30. The van der Waals surface area contributed by atoms with E-state index in [0.29, 0.717) is 11.3 Å². The number of hydrogen-bond donors (Lipinski definition) is 0. The van der Waals surface area contributed by atoms with E-state index in [9.17, 15) is 13.6 Å². The van der Waals surface area contributed by atoms with Gasteiger partial charge in [-0.25, -0.2) is 18.7 Å². The van der Waals surface area contributed by atoms with Crippen LogP contribution in [0.25, 0.3) is 11.1 Å². The fraction of sp³-hybridized carbons (Fsp3) is 0.393. The lowest BCUT2D eigenvalue weighted by Crippen LogP contribution is -2.40. The average molecular weight is 587 g/mol. The highest BCUT2D eigenvalue weighted by Crippen LogP contribution is 2.30. The van der Waals surface area contributed by atoms with E-state index in [1.165, 1.54) is 35.2 Å². The van der Waals surface area contributed by atoms with Crippen molar-refractivity contribution in [3.05, 3.63) is 76.3 Å². The summed E-state index contributed by atoms with van der Waals surface area (Å²) in [7, 11) is 0. The Hall–Kier alpha value is -2.26. The molecule has 1 aromatic heterocycles. The minimum atomic E-state index is -0.678. The van der Waals surface area contributed by atoms with Crippen LogP contribution in [-0.2, 0) is 4.74 Å². The molecule has 0 aliphatic heterocycles. The standard InChI is InChI=1S/C24H23Cl2F2N3O2.C2H6S.C2H6/c1-14(33-24(2,3)4)12-31(23(32)20-21(25)29-13-30-22(20)26)16-10-8-15(9-11-16)19-17(27)6-5-7-18(19)28;1-3-2;1-2/h5-11,13-14H,12H2,1-4H3;1-2H3;1-2H3/t14-;;/m1../s1. The summed E-state index contributed by atoms with van der Waals surface area (Å²) in [6, 6.07) is 9.94. The van der Waals surface area contributed by atoms with Crippen molar-refractivity contribution < 1.29 is 18.3 Å². The predicted molar refractivity (Wildman–Crippen MR) is 157 cm³/mol. The second-order valence-corrected chi connectivity index (χ2v) is 10.4. The molecule has 0 bridgehead atoms. The molecule has 0 unspecified atom stereocenters. The van der Waals surface area contributed by atoms with Gasteiger partial charge in [0.25, 0.3) is 5.91 Å². The summed E-state index contributed by atoms with van der Waals surface area (Å²) in [4.78, 5) is 22.6. The number of aromatic nitrogens is 2. The van der Waals surface area contributed by atoms with Gasteiger partial charge >= 0.3 is 0 Å².